The minimum atomic E-state index is -0.728. The number of nitrogens with one attached hydrogen (secondary N) is 1. The van der Waals surface area contributed by atoms with Gasteiger partial charge in [0.15, 0.2) is 0 Å². The van der Waals surface area contributed by atoms with Crippen molar-refractivity contribution in [2.75, 3.05) is 40.3 Å². The summed E-state index contributed by atoms with van der Waals surface area (Å²) in [4.78, 5) is 12.9. The molecule has 0 unspecified atom stereocenters. The second-order valence-corrected chi connectivity index (χ2v) is 9.27. The van der Waals surface area contributed by atoms with E-state index in [1.54, 1.807) is 0 Å². The quantitative estimate of drug-likeness (QED) is 0.330. The number of aliphatic carboxylic acids is 1. The van der Waals surface area contributed by atoms with E-state index in [0.29, 0.717) is 13.0 Å². The molecule has 170 valence electrons. The summed E-state index contributed by atoms with van der Waals surface area (Å²) in [6.45, 7) is 7.74. The van der Waals surface area contributed by atoms with E-state index in [1.165, 1.54) is 11.0 Å². The van der Waals surface area contributed by atoms with Gasteiger partial charge in [0.2, 0.25) is 0 Å². The van der Waals surface area contributed by atoms with Gasteiger partial charge >= 0.3 is 5.97 Å². The van der Waals surface area contributed by atoms with Gasteiger partial charge in [-0.2, -0.15) is 0 Å². The summed E-state index contributed by atoms with van der Waals surface area (Å²) in [6.07, 6.45) is 4.87. The first kappa shape index (κ1) is 24.9. The third kappa shape index (κ3) is 9.53. The summed E-state index contributed by atoms with van der Waals surface area (Å²) in [7, 11) is 4.20. The highest BCUT2D eigenvalue weighted by molar-refractivity contribution is 5.88. The fourth-order valence-electron chi connectivity index (χ4n) is 3.87. The Labute approximate surface area is 187 Å². The van der Waals surface area contributed by atoms with Gasteiger partial charge in [-0.1, -0.05) is 56.3 Å². The number of hydrogen-bond donors (Lipinski definition) is 2. The number of unbranched alkanes of at least 4 members (excludes halogenated alkanes) is 2. The molecule has 0 radical (unpaired) electrons. The first-order valence-electron chi connectivity index (χ1n) is 11.1. The number of carbonyl (C=O) groups is 1. The summed E-state index contributed by atoms with van der Waals surface area (Å²) in [5.41, 5.74) is 1.37. The molecule has 2 rings (SSSR count). The maximum Gasteiger partial charge on any atom is 0.303 e. The highest BCUT2D eigenvalue weighted by Crippen LogP contribution is 2.25. The summed E-state index contributed by atoms with van der Waals surface area (Å²) in [6, 6.07) is 14.4. The van der Waals surface area contributed by atoms with Crippen LogP contribution in [0.2, 0.25) is 0 Å². The third-order valence-corrected chi connectivity index (χ3v) is 5.14. The Bertz CT molecular complexity index is 853. The summed E-state index contributed by atoms with van der Waals surface area (Å²) < 4.78 is 6.21. The van der Waals surface area contributed by atoms with E-state index in [1.807, 2.05) is 24.3 Å². The molecule has 5 nitrogen and oxygen atoms in total. The van der Waals surface area contributed by atoms with Crippen LogP contribution in [-0.4, -0.2) is 56.3 Å². The van der Waals surface area contributed by atoms with Crippen LogP contribution in [0.15, 0.2) is 54.1 Å². The Balaban J connectivity index is 1.98. The lowest BCUT2D eigenvalue weighted by molar-refractivity contribution is -0.137. The number of fused-ring (bicyclic) bond motifs is 1. The van der Waals surface area contributed by atoms with Crippen molar-refractivity contribution >= 4 is 16.7 Å². The van der Waals surface area contributed by atoms with Crippen molar-refractivity contribution in [2.24, 2.45) is 5.41 Å². The van der Waals surface area contributed by atoms with Crippen molar-refractivity contribution in [3.8, 4) is 5.75 Å². The van der Waals surface area contributed by atoms with E-state index >= 15 is 0 Å². The lowest BCUT2D eigenvalue weighted by Crippen LogP contribution is -2.38. The molecular formula is C26H38N2O3. The van der Waals surface area contributed by atoms with Gasteiger partial charge in [-0.25, -0.2) is 0 Å². The topological polar surface area (TPSA) is 61.8 Å². The molecule has 0 spiro atoms. The smallest absolute Gasteiger partial charge is 0.303 e. The Morgan fingerprint density at radius 1 is 1.13 bits per heavy atom. The van der Waals surface area contributed by atoms with Crippen LogP contribution in [0.3, 0.4) is 0 Å². The van der Waals surface area contributed by atoms with Crippen LogP contribution in [0.25, 0.3) is 10.8 Å². The van der Waals surface area contributed by atoms with Crippen molar-refractivity contribution in [1.29, 1.82) is 0 Å². The number of rotatable bonds is 14. The second-order valence-electron chi connectivity index (χ2n) is 9.27. The predicted octanol–water partition coefficient (Wildman–Crippen LogP) is 4.97. The molecule has 0 aliphatic heterocycles. The molecule has 0 aromatic heterocycles. The van der Waals surface area contributed by atoms with E-state index in [4.69, 9.17) is 9.84 Å². The first-order chi connectivity index (χ1) is 14.8. The molecule has 0 fully saturated rings. The minimum Gasteiger partial charge on any atom is -0.489 e. The van der Waals surface area contributed by atoms with Crippen LogP contribution in [-0.2, 0) is 4.79 Å². The van der Waals surface area contributed by atoms with Crippen LogP contribution >= 0.6 is 0 Å². The number of nitrogens with zero attached hydrogens (tertiary/aromatic N) is 1. The van der Waals surface area contributed by atoms with Gasteiger partial charge in [-0.05, 0) is 55.8 Å². The van der Waals surface area contributed by atoms with Crippen molar-refractivity contribution in [3.05, 3.63) is 54.1 Å². The van der Waals surface area contributed by atoms with Crippen LogP contribution in [0, 0.1) is 5.41 Å². The molecule has 31 heavy (non-hydrogen) atoms. The molecule has 2 aromatic carbocycles. The Morgan fingerprint density at radius 3 is 2.61 bits per heavy atom. The molecule has 0 amide bonds. The van der Waals surface area contributed by atoms with Crippen molar-refractivity contribution in [3.63, 3.8) is 0 Å². The number of hydrogen-bond acceptors (Lipinski definition) is 4. The third-order valence-electron chi connectivity index (χ3n) is 5.14. The molecule has 0 aliphatic rings. The van der Waals surface area contributed by atoms with Crippen LogP contribution in [0.4, 0.5) is 0 Å². The highest BCUT2D eigenvalue weighted by Gasteiger charge is 2.18. The van der Waals surface area contributed by atoms with E-state index in [-0.39, 0.29) is 11.8 Å². The largest absolute Gasteiger partial charge is 0.489 e. The molecule has 0 saturated heterocycles. The zero-order valence-electron chi connectivity index (χ0n) is 19.5. The maximum absolute atomic E-state index is 10.7. The lowest BCUT2D eigenvalue weighted by atomic mass is 9.93. The van der Waals surface area contributed by atoms with Crippen molar-refractivity contribution < 1.29 is 14.6 Å². The van der Waals surface area contributed by atoms with E-state index in [0.717, 1.165) is 43.6 Å². The molecule has 2 aromatic rings. The zero-order valence-corrected chi connectivity index (χ0v) is 19.5. The van der Waals surface area contributed by atoms with Gasteiger partial charge in [-0.3, -0.25) is 4.79 Å². The zero-order chi connectivity index (χ0) is 22.7. The van der Waals surface area contributed by atoms with Gasteiger partial charge in [0.25, 0.3) is 0 Å². The molecule has 0 bridgehead atoms. The molecule has 5 heteroatoms. The summed E-state index contributed by atoms with van der Waals surface area (Å²) in [5.74, 6) is 0.163. The Hall–Kier alpha value is -2.37. The van der Waals surface area contributed by atoms with Gasteiger partial charge < -0.3 is 20.1 Å². The SMILES string of the molecule is CN(C)CC(C)(C)CNC/C(=C\CCCCC(=O)O)COc1cccc2ccccc12. The lowest BCUT2D eigenvalue weighted by Gasteiger charge is -2.28. The van der Waals surface area contributed by atoms with Crippen molar-refractivity contribution in [2.45, 2.75) is 39.5 Å². The van der Waals surface area contributed by atoms with E-state index in [9.17, 15) is 4.79 Å². The molecule has 0 aliphatic carbocycles. The molecule has 0 saturated carbocycles. The molecule has 0 atom stereocenters. The number of ether oxygens (including phenoxy) is 1. The average molecular weight is 427 g/mol. The average Bonchev–Trinajstić information content (AvgIpc) is 2.70. The summed E-state index contributed by atoms with van der Waals surface area (Å²) in [5, 5.41) is 14.7. The highest BCUT2D eigenvalue weighted by atomic mass is 16.5. The Kier molecular flexibility index (Phi) is 10.0. The number of allylic oxidation sites excluding steroid dienone is 1. The minimum absolute atomic E-state index is 0.173. The first-order valence-corrected chi connectivity index (χ1v) is 11.1. The number of carboxylic acid groups (broad SMARTS) is 1. The number of benzene rings is 2. The van der Waals surface area contributed by atoms with Crippen LogP contribution < -0.4 is 10.1 Å². The predicted molar refractivity (Wildman–Crippen MR) is 129 cm³/mol. The fraction of sp³-hybridized carbons (Fsp3) is 0.500. The van der Waals surface area contributed by atoms with Crippen LogP contribution in [0.5, 0.6) is 5.75 Å². The van der Waals surface area contributed by atoms with Gasteiger partial charge in [0.05, 0.1) is 0 Å². The fourth-order valence-corrected chi connectivity index (χ4v) is 3.87. The van der Waals surface area contributed by atoms with E-state index in [2.05, 4.69) is 62.4 Å². The standard InChI is InChI=1S/C26H38N2O3/c1-26(2,20-28(3)4)19-27-17-21(11-6-5-7-16-25(29)30)18-31-24-15-10-13-22-12-8-9-14-23(22)24/h8-15,27H,5-7,16-20H2,1-4H3,(H,29,30)/b21-11+. The second kappa shape index (κ2) is 12.5. The molecule has 0 heterocycles. The number of carboxylic acids is 1. The van der Waals surface area contributed by atoms with Gasteiger partial charge in [0, 0.05) is 31.4 Å². The maximum atomic E-state index is 10.7. The van der Waals surface area contributed by atoms with Gasteiger partial charge in [-0.15, -0.1) is 0 Å². The van der Waals surface area contributed by atoms with Crippen molar-refractivity contribution in [1.82, 2.24) is 10.2 Å². The molecule has 2 N–H and O–H groups in total. The van der Waals surface area contributed by atoms with E-state index < -0.39 is 5.97 Å². The Morgan fingerprint density at radius 2 is 1.87 bits per heavy atom. The van der Waals surface area contributed by atoms with Gasteiger partial charge in [0.1, 0.15) is 12.4 Å². The van der Waals surface area contributed by atoms with Crippen LogP contribution in [0.1, 0.15) is 39.5 Å². The normalized spacial score (nSPS) is 12.5. The summed E-state index contributed by atoms with van der Waals surface area (Å²) >= 11 is 0. The molecular weight excluding hydrogens is 388 g/mol. The monoisotopic (exact) mass is 426 g/mol.